The molecule has 0 rings (SSSR count). The maximum atomic E-state index is 11.4. The maximum absolute atomic E-state index is 11.4. The van der Waals surface area contributed by atoms with Crippen LogP contribution in [0.5, 0.6) is 0 Å². The summed E-state index contributed by atoms with van der Waals surface area (Å²) in [6.07, 6.45) is 1.71. The molecule has 3 heteroatoms. The molecule has 0 saturated heterocycles. The molecular weight excluding hydrogens is 176 g/mol. The van der Waals surface area contributed by atoms with E-state index in [1.165, 1.54) is 0 Å². The van der Waals surface area contributed by atoms with Gasteiger partial charge < -0.3 is 10.6 Å². The Kier molecular flexibility index (Phi) is 7.48. The lowest BCUT2D eigenvalue weighted by Crippen LogP contribution is -2.29. The van der Waals surface area contributed by atoms with Crippen LogP contribution in [-0.2, 0) is 4.79 Å². The summed E-state index contributed by atoms with van der Waals surface area (Å²) in [6.45, 7) is 8.10. The third-order valence-electron chi connectivity index (χ3n) is 2.13. The molecule has 1 amide bonds. The Balaban J connectivity index is 3.50. The van der Waals surface area contributed by atoms with E-state index in [1.54, 1.807) is 0 Å². The van der Waals surface area contributed by atoms with Gasteiger partial charge in [0.1, 0.15) is 0 Å². The standard InChI is InChI=1S/C11H24N2O/c1-9(2)8-13-11(14)7-10(3)5-6-12-4/h9-10,12H,5-8H2,1-4H3,(H,13,14). The topological polar surface area (TPSA) is 41.1 Å². The number of carbonyl (C=O) groups is 1. The Hall–Kier alpha value is -0.570. The molecular formula is C11H24N2O. The third-order valence-corrected chi connectivity index (χ3v) is 2.13. The van der Waals surface area contributed by atoms with Crippen LogP contribution in [0, 0.1) is 11.8 Å². The molecule has 0 fully saturated rings. The fraction of sp³-hybridized carbons (Fsp3) is 0.909. The fourth-order valence-corrected chi connectivity index (χ4v) is 1.20. The van der Waals surface area contributed by atoms with Crippen molar-refractivity contribution in [1.29, 1.82) is 0 Å². The van der Waals surface area contributed by atoms with Crippen molar-refractivity contribution in [3.05, 3.63) is 0 Å². The Morgan fingerprint density at radius 2 is 1.93 bits per heavy atom. The van der Waals surface area contributed by atoms with Gasteiger partial charge in [0.15, 0.2) is 0 Å². The highest BCUT2D eigenvalue weighted by Crippen LogP contribution is 2.05. The summed E-state index contributed by atoms with van der Waals surface area (Å²) in [5.41, 5.74) is 0. The molecule has 0 aromatic rings. The van der Waals surface area contributed by atoms with Crippen LogP contribution in [0.25, 0.3) is 0 Å². The number of rotatable bonds is 7. The van der Waals surface area contributed by atoms with Crippen molar-refractivity contribution in [3.63, 3.8) is 0 Å². The van der Waals surface area contributed by atoms with Crippen LogP contribution in [0.4, 0.5) is 0 Å². The summed E-state index contributed by atoms with van der Waals surface area (Å²) in [6, 6.07) is 0. The molecule has 0 radical (unpaired) electrons. The van der Waals surface area contributed by atoms with Crippen LogP contribution >= 0.6 is 0 Å². The number of amides is 1. The van der Waals surface area contributed by atoms with E-state index in [0.29, 0.717) is 18.3 Å². The van der Waals surface area contributed by atoms with Crippen LogP contribution in [0.2, 0.25) is 0 Å². The summed E-state index contributed by atoms with van der Waals surface area (Å²) in [5.74, 6) is 1.18. The van der Waals surface area contributed by atoms with Gasteiger partial charge in [0.25, 0.3) is 0 Å². The van der Waals surface area contributed by atoms with Gasteiger partial charge in [-0.2, -0.15) is 0 Å². The Morgan fingerprint density at radius 3 is 2.43 bits per heavy atom. The first-order valence-electron chi connectivity index (χ1n) is 5.47. The summed E-state index contributed by atoms with van der Waals surface area (Å²) in [4.78, 5) is 11.4. The molecule has 0 spiro atoms. The highest BCUT2D eigenvalue weighted by Gasteiger charge is 2.08. The summed E-state index contributed by atoms with van der Waals surface area (Å²) in [5, 5.41) is 6.02. The number of nitrogens with one attached hydrogen (secondary N) is 2. The summed E-state index contributed by atoms with van der Waals surface area (Å²) in [7, 11) is 1.94. The normalized spacial score (nSPS) is 12.9. The van der Waals surface area contributed by atoms with Crippen molar-refractivity contribution >= 4 is 5.91 Å². The molecule has 0 aromatic carbocycles. The second-order valence-corrected chi connectivity index (χ2v) is 4.40. The zero-order valence-corrected chi connectivity index (χ0v) is 9.89. The lowest BCUT2D eigenvalue weighted by molar-refractivity contribution is -0.122. The molecule has 0 bridgehead atoms. The van der Waals surface area contributed by atoms with E-state index in [9.17, 15) is 4.79 Å². The van der Waals surface area contributed by atoms with Crippen molar-refractivity contribution in [2.24, 2.45) is 11.8 Å². The quantitative estimate of drug-likeness (QED) is 0.652. The lowest BCUT2D eigenvalue weighted by Gasteiger charge is -2.12. The predicted octanol–water partition coefficient (Wildman–Crippen LogP) is 1.39. The smallest absolute Gasteiger partial charge is 0.220 e. The van der Waals surface area contributed by atoms with E-state index in [-0.39, 0.29) is 5.91 Å². The highest BCUT2D eigenvalue weighted by atomic mass is 16.1. The van der Waals surface area contributed by atoms with E-state index in [4.69, 9.17) is 0 Å². The van der Waals surface area contributed by atoms with Gasteiger partial charge in [-0.15, -0.1) is 0 Å². The third kappa shape index (κ3) is 8.05. The second kappa shape index (κ2) is 7.80. The van der Waals surface area contributed by atoms with Gasteiger partial charge in [0, 0.05) is 13.0 Å². The van der Waals surface area contributed by atoms with E-state index < -0.39 is 0 Å². The van der Waals surface area contributed by atoms with Gasteiger partial charge in [-0.3, -0.25) is 4.79 Å². The molecule has 1 unspecified atom stereocenters. The monoisotopic (exact) mass is 200 g/mol. The molecule has 2 N–H and O–H groups in total. The zero-order chi connectivity index (χ0) is 11.0. The molecule has 0 heterocycles. The van der Waals surface area contributed by atoms with Crippen molar-refractivity contribution in [2.45, 2.75) is 33.6 Å². The van der Waals surface area contributed by atoms with Crippen molar-refractivity contribution in [3.8, 4) is 0 Å². The first kappa shape index (κ1) is 13.4. The van der Waals surface area contributed by atoms with Crippen LogP contribution in [0.3, 0.4) is 0 Å². The number of hydrogen-bond donors (Lipinski definition) is 2. The summed E-state index contributed by atoms with van der Waals surface area (Å²) >= 11 is 0. The lowest BCUT2D eigenvalue weighted by atomic mass is 10.0. The average molecular weight is 200 g/mol. The van der Waals surface area contributed by atoms with Gasteiger partial charge >= 0.3 is 0 Å². The minimum atomic E-state index is 0.183. The Bertz CT molecular complexity index is 157. The van der Waals surface area contributed by atoms with Gasteiger partial charge in [-0.25, -0.2) is 0 Å². The highest BCUT2D eigenvalue weighted by molar-refractivity contribution is 5.76. The van der Waals surface area contributed by atoms with Crippen molar-refractivity contribution in [2.75, 3.05) is 20.1 Å². The van der Waals surface area contributed by atoms with E-state index in [2.05, 4.69) is 31.4 Å². The molecule has 0 aromatic heterocycles. The van der Waals surface area contributed by atoms with E-state index >= 15 is 0 Å². The predicted molar refractivity (Wildman–Crippen MR) is 60.2 cm³/mol. The Morgan fingerprint density at radius 1 is 1.29 bits per heavy atom. The van der Waals surface area contributed by atoms with E-state index in [0.717, 1.165) is 19.5 Å². The second-order valence-electron chi connectivity index (χ2n) is 4.40. The molecule has 84 valence electrons. The van der Waals surface area contributed by atoms with E-state index in [1.807, 2.05) is 7.05 Å². The fourth-order valence-electron chi connectivity index (χ4n) is 1.20. The maximum Gasteiger partial charge on any atom is 0.220 e. The first-order valence-corrected chi connectivity index (χ1v) is 5.47. The minimum Gasteiger partial charge on any atom is -0.356 e. The van der Waals surface area contributed by atoms with Crippen LogP contribution in [0.1, 0.15) is 33.6 Å². The molecule has 0 aliphatic heterocycles. The Labute approximate surface area is 87.6 Å². The molecule has 0 saturated carbocycles. The van der Waals surface area contributed by atoms with Crippen molar-refractivity contribution in [1.82, 2.24) is 10.6 Å². The first-order chi connectivity index (χ1) is 6.56. The molecule has 3 nitrogen and oxygen atoms in total. The minimum absolute atomic E-state index is 0.183. The van der Waals surface area contributed by atoms with Crippen LogP contribution < -0.4 is 10.6 Å². The average Bonchev–Trinajstić information content (AvgIpc) is 2.11. The SMILES string of the molecule is CNCCC(C)CC(=O)NCC(C)C. The number of hydrogen-bond acceptors (Lipinski definition) is 2. The van der Waals surface area contributed by atoms with Crippen LogP contribution in [-0.4, -0.2) is 26.0 Å². The zero-order valence-electron chi connectivity index (χ0n) is 9.89. The summed E-state index contributed by atoms with van der Waals surface area (Å²) < 4.78 is 0. The van der Waals surface area contributed by atoms with Crippen LogP contribution in [0.15, 0.2) is 0 Å². The van der Waals surface area contributed by atoms with Crippen molar-refractivity contribution < 1.29 is 4.79 Å². The molecule has 0 aliphatic carbocycles. The molecule has 0 aliphatic rings. The van der Waals surface area contributed by atoms with Gasteiger partial charge in [0.2, 0.25) is 5.91 Å². The molecule has 14 heavy (non-hydrogen) atoms. The van der Waals surface area contributed by atoms with Gasteiger partial charge in [0.05, 0.1) is 0 Å². The largest absolute Gasteiger partial charge is 0.356 e. The van der Waals surface area contributed by atoms with Gasteiger partial charge in [-0.1, -0.05) is 20.8 Å². The van der Waals surface area contributed by atoms with Gasteiger partial charge in [-0.05, 0) is 31.8 Å². The number of carbonyl (C=O) groups excluding carboxylic acids is 1. The molecule has 1 atom stereocenters.